The molecule has 1 aliphatic rings. The quantitative estimate of drug-likeness (QED) is 0.382. The van der Waals surface area contributed by atoms with Gasteiger partial charge < -0.3 is 9.88 Å². The van der Waals surface area contributed by atoms with Gasteiger partial charge in [-0.3, -0.25) is 14.5 Å². The highest BCUT2D eigenvalue weighted by molar-refractivity contribution is 6.30. The molecule has 1 saturated heterocycles. The lowest BCUT2D eigenvalue weighted by atomic mass is 9.87. The maximum atomic E-state index is 13.4. The number of Topliss-reactive ketones (excluding diaryl/α,β-unsaturated/α-hetero) is 1. The van der Waals surface area contributed by atoms with Gasteiger partial charge in [0, 0.05) is 28.5 Å². The van der Waals surface area contributed by atoms with Crippen LogP contribution in [0.2, 0.25) is 5.02 Å². The number of carbonyl (C=O) groups is 3. The van der Waals surface area contributed by atoms with Gasteiger partial charge in [0.2, 0.25) is 0 Å². The van der Waals surface area contributed by atoms with Crippen molar-refractivity contribution in [2.24, 2.45) is 0 Å². The zero-order valence-electron chi connectivity index (χ0n) is 19.2. The molecule has 3 amide bonds. The Hall–Kier alpha value is -3.45. The van der Waals surface area contributed by atoms with Gasteiger partial charge in [0.05, 0.1) is 6.54 Å². The topological polar surface area (TPSA) is 71.4 Å². The molecule has 2 heterocycles. The second kappa shape index (κ2) is 9.06. The molecule has 1 aliphatic heterocycles. The number of ketones is 1. The number of aromatic nitrogens is 1. The SMILES string of the molecule is CCC1(c2ccc(Cl)cc2)NC(=O)N(CC(=O)c2cc(C)n(Cc3ccc(F)cc3)c2C)C1=O. The molecule has 0 bridgehead atoms. The molecule has 6 nitrogen and oxygen atoms in total. The molecule has 2 aromatic carbocycles. The van der Waals surface area contributed by atoms with E-state index in [1.165, 1.54) is 12.1 Å². The third-order valence-corrected chi connectivity index (χ3v) is 6.72. The van der Waals surface area contributed by atoms with Crippen molar-refractivity contribution in [3.8, 4) is 0 Å². The molecule has 1 unspecified atom stereocenters. The van der Waals surface area contributed by atoms with Crippen LogP contribution < -0.4 is 5.32 Å². The van der Waals surface area contributed by atoms with Crippen LogP contribution >= 0.6 is 11.6 Å². The van der Waals surface area contributed by atoms with Crippen LogP contribution in [0, 0.1) is 19.7 Å². The fourth-order valence-electron chi connectivity index (χ4n) is 4.47. The van der Waals surface area contributed by atoms with Gasteiger partial charge in [-0.25, -0.2) is 9.18 Å². The van der Waals surface area contributed by atoms with Gasteiger partial charge in [-0.1, -0.05) is 42.8 Å². The lowest BCUT2D eigenvalue weighted by Gasteiger charge is -2.25. The molecule has 4 rings (SSSR count). The summed E-state index contributed by atoms with van der Waals surface area (Å²) in [6, 6.07) is 14.1. The number of nitrogens with zero attached hydrogens (tertiary/aromatic N) is 2. The van der Waals surface area contributed by atoms with Crippen LogP contribution in [-0.2, 0) is 16.9 Å². The lowest BCUT2D eigenvalue weighted by molar-refractivity contribution is -0.131. The van der Waals surface area contributed by atoms with E-state index in [4.69, 9.17) is 11.6 Å². The van der Waals surface area contributed by atoms with Crippen molar-refractivity contribution in [3.05, 3.63) is 93.5 Å². The van der Waals surface area contributed by atoms with Crippen molar-refractivity contribution in [2.45, 2.75) is 39.3 Å². The molecule has 0 aliphatic carbocycles. The first-order valence-corrected chi connectivity index (χ1v) is 11.4. The average molecular weight is 482 g/mol. The summed E-state index contributed by atoms with van der Waals surface area (Å²) in [7, 11) is 0. The minimum atomic E-state index is -1.23. The predicted molar refractivity (Wildman–Crippen MR) is 127 cm³/mol. The Morgan fingerprint density at radius 1 is 1.06 bits per heavy atom. The maximum absolute atomic E-state index is 13.4. The highest BCUT2D eigenvalue weighted by Crippen LogP contribution is 2.33. The summed E-state index contributed by atoms with van der Waals surface area (Å²) in [5, 5.41) is 3.31. The van der Waals surface area contributed by atoms with Crippen molar-refractivity contribution >= 4 is 29.3 Å². The summed E-state index contributed by atoms with van der Waals surface area (Å²) in [5.74, 6) is -1.10. The Morgan fingerprint density at radius 2 is 1.71 bits per heavy atom. The highest BCUT2D eigenvalue weighted by Gasteiger charge is 2.51. The lowest BCUT2D eigenvalue weighted by Crippen LogP contribution is -2.43. The standard InChI is InChI=1S/C26H25ClFN3O3/c1-4-26(19-7-9-20(27)10-8-19)24(33)31(25(34)29-26)15-23(32)22-13-16(2)30(17(22)3)14-18-5-11-21(28)12-6-18/h5-13H,4,14-15H2,1-3H3,(H,29,34). The van der Waals surface area contributed by atoms with E-state index in [0.717, 1.165) is 21.9 Å². The summed E-state index contributed by atoms with van der Waals surface area (Å²) in [6.07, 6.45) is 0.329. The number of hydrogen-bond donors (Lipinski definition) is 1. The number of halogens is 2. The van der Waals surface area contributed by atoms with E-state index in [2.05, 4.69) is 5.32 Å². The number of hydrogen-bond acceptors (Lipinski definition) is 3. The van der Waals surface area contributed by atoms with E-state index < -0.39 is 17.5 Å². The highest BCUT2D eigenvalue weighted by atomic mass is 35.5. The van der Waals surface area contributed by atoms with Gasteiger partial charge in [-0.2, -0.15) is 0 Å². The number of benzene rings is 2. The maximum Gasteiger partial charge on any atom is 0.325 e. The van der Waals surface area contributed by atoms with E-state index in [9.17, 15) is 18.8 Å². The van der Waals surface area contributed by atoms with Crippen LogP contribution in [0.15, 0.2) is 54.6 Å². The number of carbonyl (C=O) groups excluding carboxylic acids is 3. The molecule has 34 heavy (non-hydrogen) atoms. The number of aryl methyl sites for hydroxylation is 1. The summed E-state index contributed by atoms with van der Waals surface area (Å²) >= 11 is 5.98. The number of imide groups is 1. The van der Waals surface area contributed by atoms with E-state index in [1.54, 1.807) is 49.4 Å². The monoisotopic (exact) mass is 481 g/mol. The van der Waals surface area contributed by atoms with Crippen molar-refractivity contribution in [3.63, 3.8) is 0 Å². The van der Waals surface area contributed by atoms with Gasteiger partial charge in [0.15, 0.2) is 5.78 Å². The van der Waals surface area contributed by atoms with Crippen molar-refractivity contribution < 1.29 is 18.8 Å². The minimum Gasteiger partial charge on any atom is -0.344 e. The second-order valence-corrected chi connectivity index (χ2v) is 8.94. The van der Waals surface area contributed by atoms with Gasteiger partial charge in [-0.05, 0) is 61.7 Å². The Bertz CT molecular complexity index is 1270. The molecule has 0 spiro atoms. The molecule has 8 heteroatoms. The first kappa shape index (κ1) is 23.7. The van der Waals surface area contributed by atoms with E-state index >= 15 is 0 Å². The molecule has 3 aromatic rings. The molecule has 1 aromatic heterocycles. The number of rotatable bonds is 7. The fourth-order valence-corrected chi connectivity index (χ4v) is 4.60. The van der Waals surface area contributed by atoms with Crippen LogP contribution in [0.4, 0.5) is 9.18 Å². The molecule has 0 radical (unpaired) electrons. The Labute approximate surface area is 202 Å². The zero-order valence-corrected chi connectivity index (χ0v) is 19.9. The van der Waals surface area contributed by atoms with Crippen LogP contribution in [0.1, 0.15) is 46.2 Å². The van der Waals surface area contributed by atoms with Crippen molar-refractivity contribution in [1.82, 2.24) is 14.8 Å². The second-order valence-electron chi connectivity index (χ2n) is 8.51. The number of amides is 3. The third-order valence-electron chi connectivity index (χ3n) is 6.47. The Morgan fingerprint density at radius 3 is 2.32 bits per heavy atom. The molecular weight excluding hydrogens is 457 g/mol. The fraction of sp³-hybridized carbons (Fsp3) is 0.269. The van der Waals surface area contributed by atoms with Crippen LogP contribution in [0.5, 0.6) is 0 Å². The molecule has 1 atom stereocenters. The summed E-state index contributed by atoms with van der Waals surface area (Å²) in [6.45, 7) is 5.62. The first-order valence-electron chi connectivity index (χ1n) is 11.0. The minimum absolute atomic E-state index is 0.309. The number of urea groups is 1. The van der Waals surface area contributed by atoms with E-state index in [0.29, 0.717) is 29.1 Å². The number of nitrogens with one attached hydrogen (secondary N) is 1. The first-order chi connectivity index (χ1) is 16.2. The van der Waals surface area contributed by atoms with Crippen LogP contribution in [0.25, 0.3) is 0 Å². The largest absolute Gasteiger partial charge is 0.344 e. The molecule has 0 saturated carbocycles. The zero-order chi connectivity index (χ0) is 24.6. The van der Waals surface area contributed by atoms with Gasteiger partial charge in [0.1, 0.15) is 11.4 Å². The van der Waals surface area contributed by atoms with Crippen molar-refractivity contribution in [2.75, 3.05) is 6.54 Å². The van der Waals surface area contributed by atoms with Gasteiger partial charge in [0.25, 0.3) is 5.91 Å². The van der Waals surface area contributed by atoms with Crippen molar-refractivity contribution in [1.29, 1.82) is 0 Å². The molecule has 176 valence electrons. The molecule has 1 N–H and O–H groups in total. The third kappa shape index (κ3) is 4.12. The van der Waals surface area contributed by atoms with E-state index in [-0.39, 0.29) is 18.1 Å². The normalized spacial score (nSPS) is 17.9. The summed E-state index contributed by atoms with van der Waals surface area (Å²) in [4.78, 5) is 40.3. The smallest absolute Gasteiger partial charge is 0.325 e. The molecule has 1 fully saturated rings. The van der Waals surface area contributed by atoms with Crippen LogP contribution in [-0.4, -0.2) is 33.7 Å². The van der Waals surface area contributed by atoms with Crippen LogP contribution in [0.3, 0.4) is 0 Å². The summed E-state index contributed by atoms with van der Waals surface area (Å²) < 4.78 is 15.2. The average Bonchev–Trinajstić information content (AvgIpc) is 3.23. The van der Waals surface area contributed by atoms with Gasteiger partial charge in [-0.15, -0.1) is 0 Å². The predicted octanol–water partition coefficient (Wildman–Crippen LogP) is 4.99. The van der Waals surface area contributed by atoms with Gasteiger partial charge >= 0.3 is 6.03 Å². The molecular formula is C26H25ClFN3O3. The summed E-state index contributed by atoms with van der Waals surface area (Å²) in [5.41, 5.74) is 2.30. The Kier molecular flexibility index (Phi) is 6.32. The van der Waals surface area contributed by atoms with E-state index in [1.807, 2.05) is 18.4 Å². The Balaban J connectivity index is 1.57.